The quantitative estimate of drug-likeness (QED) is 0.854. The second-order valence-corrected chi connectivity index (χ2v) is 4.16. The normalized spacial score (nSPS) is 10.7. The maximum absolute atomic E-state index is 6.23. The molecule has 0 radical (unpaired) electrons. The van der Waals surface area contributed by atoms with E-state index < -0.39 is 0 Å². The van der Waals surface area contributed by atoms with E-state index in [-0.39, 0.29) is 0 Å². The van der Waals surface area contributed by atoms with Crippen molar-refractivity contribution in [3.05, 3.63) is 28.9 Å². The highest BCUT2D eigenvalue weighted by molar-refractivity contribution is 6.35. The minimum atomic E-state index is 0.421. The smallest absolute Gasteiger partial charge is 0.162 e. The molecule has 0 aliphatic heterocycles. The van der Waals surface area contributed by atoms with E-state index in [1.54, 1.807) is 33.5 Å². The van der Waals surface area contributed by atoms with Crippen molar-refractivity contribution in [3.63, 3.8) is 0 Å². The van der Waals surface area contributed by atoms with Gasteiger partial charge >= 0.3 is 0 Å². The van der Waals surface area contributed by atoms with Crippen molar-refractivity contribution in [2.75, 3.05) is 21.3 Å². The molecule has 2 aromatic rings. The SMILES string of the molecule is COCc1cc(Cl)c2cc(OC)c(OC)cc2n1. The molecule has 0 amide bonds. The summed E-state index contributed by atoms with van der Waals surface area (Å²) in [6, 6.07) is 5.42. The minimum absolute atomic E-state index is 0.421. The average molecular weight is 268 g/mol. The zero-order chi connectivity index (χ0) is 13.1. The molecule has 0 spiro atoms. The van der Waals surface area contributed by atoms with Crippen LogP contribution in [0.2, 0.25) is 5.02 Å². The Hall–Kier alpha value is -1.52. The molecule has 4 nitrogen and oxygen atoms in total. The van der Waals surface area contributed by atoms with Crippen LogP contribution >= 0.6 is 11.6 Å². The number of pyridine rings is 1. The number of fused-ring (bicyclic) bond motifs is 1. The second-order valence-electron chi connectivity index (χ2n) is 3.75. The monoisotopic (exact) mass is 267 g/mol. The van der Waals surface area contributed by atoms with Crippen LogP contribution < -0.4 is 9.47 Å². The van der Waals surface area contributed by atoms with Gasteiger partial charge in [-0.1, -0.05) is 11.6 Å². The van der Waals surface area contributed by atoms with E-state index in [4.69, 9.17) is 25.8 Å². The molecule has 96 valence electrons. The summed E-state index contributed by atoms with van der Waals surface area (Å²) in [5.74, 6) is 1.26. The highest BCUT2D eigenvalue weighted by Crippen LogP contribution is 2.34. The number of ether oxygens (including phenoxy) is 3. The van der Waals surface area contributed by atoms with Gasteiger partial charge in [0.1, 0.15) is 0 Å². The van der Waals surface area contributed by atoms with Crippen LogP contribution in [0.4, 0.5) is 0 Å². The molecule has 1 heterocycles. The summed E-state index contributed by atoms with van der Waals surface area (Å²) in [5.41, 5.74) is 1.54. The third kappa shape index (κ3) is 2.35. The van der Waals surface area contributed by atoms with Crippen molar-refractivity contribution < 1.29 is 14.2 Å². The Kier molecular flexibility index (Phi) is 3.89. The van der Waals surface area contributed by atoms with Gasteiger partial charge in [-0.3, -0.25) is 4.98 Å². The van der Waals surface area contributed by atoms with Crippen LogP contribution in [-0.4, -0.2) is 26.3 Å². The number of rotatable bonds is 4. The van der Waals surface area contributed by atoms with Crippen LogP contribution in [0.5, 0.6) is 11.5 Å². The van der Waals surface area contributed by atoms with Crippen LogP contribution in [-0.2, 0) is 11.3 Å². The van der Waals surface area contributed by atoms with Crippen molar-refractivity contribution in [2.45, 2.75) is 6.61 Å². The Morgan fingerprint density at radius 1 is 1.06 bits per heavy atom. The number of nitrogens with zero attached hydrogens (tertiary/aromatic N) is 1. The molecule has 0 saturated heterocycles. The lowest BCUT2D eigenvalue weighted by atomic mass is 10.1. The topological polar surface area (TPSA) is 40.6 Å². The van der Waals surface area contributed by atoms with Crippen molar-refractivity contribution in [2.24, 2.45) is 0 Å². The number of aromatic nitrogens is 1. The maximum Gasteiger partial charge on any atom is 0.162 e. The molecule has 0 unspecified atom stereocenters. The number of benzene rings is 1. The van der Waals surface area contributed by atoms with E-state index in [2.05, 4.69) is 4.98 Å². The first kappa shape index (κ1) is 12.9. The summed E-state index contributed by atoms with van der Waals surface area (Å²) in [7, 11) is 4.79. The predicted octanol–water partition coefficient (Wildman–Crippen LogP) is 3.05. The van der Waals surface area contributed by atoms with E-state index in [1.165, 1.54) is 0 Å². The molecule has 0 saturated carbocycles. The molecule has 0 aliphatic carbocycles. The Morgan fingerprint density at radius 3 is 2.33 bits per heavy atom. The molecule has 0 atom stereocenters. The number of hydrogen-bond acceptors (Lipinski definition) is 4. The molecule has 5 heteroatoms. The fraction of sp³-hybridized carbons (Fsp3) is 0.308. The number of methoxy groups -OCH3 is 3. The zero-order valence-electron chi connectivity index (χ0n) is 10.5. The number of hydrogen-bond donors (Lipinski definition) is 0. The van der Waals surface area contributed by atoms with E-state index in [1.807, 2.05) is 6.07 Å². The Balaban J connectivity index is 2.64. The Labute approximate surface area is 110 Å². The summed E-state index contributed by atoms with van der Waals surface area (Å²) >= 11 is 6.23. The van der Waals surface area contributed by atoms with Gasteiger partial charge in [0.2, 0.25) is 0 Å². The van der Waals surface area contributed by atoms with Gasteiger partial charge in [-0.2, -0.15) is 0 Å². The molecule has 0 aliphatic rings. The predicted molar refractivity (Wildman–Crippen MR) is 70.6 cm³/mol. The van der Waals surface area contributed by atoms with Crippen molar-refractivity contribution in [3.8, 4) is 11.5 Å². The molecular formula is C13H14ClNO3. The van der Waals surface area contributed by atoms with Crippen LogP contribution in [0.25, 0.3) is 10.9 Å². The lowest BCUT2D eigenvalue weighted by Crippen LogP contribution is -1.96. The first-order valence-corrected chi connectivity index (χ1v) is 5.77. The van der Waals surface area contributed by atoms with Gasteiger partial charge in [-0.05, 0) is 12.1 Å². The van der Waals surface area contributed by atoms with Gasteiger partial charge in [0.15, 0.2) is 11.5 Å². The van der Waals surface area contributed by atoms with Crippen LogP contribution in [0.15, 0.2) is 18.2 Å². The minimum Gasteiger partial charge on any atom is -0.493 e. The van der Waals surface area contributed by atoms with E-state index in [0.717, 1.165) is 16.6 Å². The van der Waals surface area contributed by atoms with E-state index >= 15 is 0 Å². The molecule has 1 aromatic heterocycles. The third-order valence-corrected chi connectivity index (χ3v) is 2.92. The first-order valence-electron chi connectivity index (χ1n) is 5.39. The van der Waals surface area contributed by atoms with Gasteiger partial charge in [0, 0.05) is 18.6 Å². The lowest BCUT2D eigenvalue weighted by molar-refractivity contribution is 0.182. The van der Waals surface area contributed by atoms with Gasteiger partial charge in [0.25, 0.3) is 0 Å². The average Bonchev–Trinajstić information content (AvgIpc) is 2.37. The summed E-state index contributed by atoms with van der Waals surface area (Å²) in [6.45, 7) is 0.421. The van der Waals surface area contributed by atoms with Crippen molar-refractivity contribution in [1.82, 2.24) is 4.98 Å². The van der Waals surface area contributed by atoms with Crippen molar-refractivity contribution in [1.29, 1.82) is 0 Å². The van der Waals surface area contributed by atoms with Gasteiger partial charge in [-0.25, -0.2) is 0 Å². The summed E-state index contributed by atoms with van der Waals surface area (Å²) in [6.07, 6.45) is 0. The van der Waals surface area contributed by atoms with Crippen LogP contribution in [0.1, 0.15) is 5.69 Å². The molecule has 1 aromatic carbocycles. The van der Waals surface area contributed by atoms with Crippen LogP contribution in [0.3, 0.4) is 0 Å². The molecule has 0 bridgehead atoms. The van der Waals surface area contributed by atoms with Crippen molar-refractivity contribution >= 4 is 22.5 Å². The van der Waals surface area contributed by atoms with E-state index in [9.17, 15) is 0 Å². The second kappa shape index (κ2) is 5.42. The molecule has 18 heavy (non-hydrogen) atoms. The van der Waals surface area contributed by atoms with E-state index in [0.29, 0.717) is 23.1 Å². The summed E-state index contributed by atoms with van der Waals surface area (Å²) in [4.78, 5) is 4.46. The fourth-order valence-electron chi connectivity index (χ4n) is 1.78. The Morgan fingerprint density at radius 2 is 1.72 bits per heavy atom. The molecule has 0 fully saturated rings. The summed E-state index contributed by atoms with van der Waals surface area (Å²) in [5, 5.41) is 1.45. The fourth-order valence-corrected chi connectivity index (χ4v) is 2.06. The van der Waals surface area contributed by atoms with Gasteiger partial charge < -0.3 is 14.2 Å². The molecule has 0 N–H and O–H groups in total. The van der Waals surface area contributed by atoms with Gasteiger partial charge in [-0.15, -0.1) is 0 Å². The highest BCUT2D eigenvalue weighted by atomic mass is 35.5. The van der Waals surface area contributed by atoms with Gasteiger partial charge in [0.05, 0.1) is 37.1 Å². The first-order chi connectivity index (χ1) is 8.69. The summed E-state index contributed by atoms with van der Waals surface area (Å²) < 4.78 is 15.5. The zero-order valence-corrected chi connectivity index (χ0v) is 11.2. The molecular weight excluding hydrogens is 254 g/mol. The number of halogens is 1. The Bertz CT molecular complexity index is 572. The third-order valence-electron chi connectivity index (χ3n) is 2.61. The maximum atomic E-state index is 6.23. The molecule has 2 rings (SSSR count). The van der Waals surface area contributed by atoms with Crippen LogP contribution in [0, 0.1) is 0 Å². The standard InChI is InChI=1S/C13H14ClNO3/c1-16-7-8-4-10(14)9-5-12(17-2)13(18-3)6-11(9)15-8/h4-6H,7H2,1-3H3. The largest absolute Gasteiger partial charge is 0.493 e. The highest BCUT2D eigenvalue weighted by Gasteiger charge is 2.10. The lowest BCUT2D eigenvalue weighted by Gasteiger charge is -2.10.